The van der Waals surface area contributed by atoms with Gasteiger partial charge in [-0.05, 0) is 44.0 Å². The molecule has 116 valence electrons. The van der Waals surface area contributed by atoms with Crippen molar-refractivity contribution in [1.29, 1.82) is 0 Å². The molecule has 22 heavy (non-hydrogen) atoms. The molecule has 1 N–H and O–H groups in total. The van der Waals surface area contributed by atoms with Gasteiger partial charge in [0.15, 0.2) is 0 Å². The molecule has 0 bridgehead atoms. The van der Waals surface area contributed by atoms with Gasteiger partial charge in [0.2, 0.25) is 5.91 Å². The van der Waals surface area contributed by atoms with Crippen molar-refractivity contribution in [2.24, 2.45) is 0 Å². The Hall–Kier alpha value is -1.88. The number of piperidine rings is 1. The number of thiophene rings is 1. The Labute approximate surface area is 135 Å². The van der Waals surface area contributed by atoms with Crippen LogP contribution in [0.5, 0.6) is 0 Å². The summed E-state index contributed by atoms with van der Waals surface area (Å²) in [6.45, 7) is 3.91. The van der Waals surface area contributed by atoms with Crippen molar-refractivity contribution in [2.45, 2.75) is 32.2 Å². The normalized spacial score (nSPS) is 18.2. The fraction of sp³-hybridized carbons (Fsp3) is 0.412. The number of pyridine rings is 1. The van der Waals surface area contributed by atoms with Crippen LogP contribution in [0.4, 0.5) is 5.82 Å². The molecular weight excluding hydrogens is 294 g/mol. The van der Waals surface area contributed by atoms with E-state index >= 15 is 0 Å². The zero-order chi connectivity index (χ0) is 15.4. The maximum atomic E-state index is 12.2. The molecule has 1 amide bonds. The summed E-state index contributed by atoms with van der Waals surface area (Å²) in [5.74, 6) is 1.12. The molecule has 1 atom stereocenters. The molecule has 0 saturated carbocycles. The van der Waals surface area contributed by atoms with E-state index in [1.54, 1.807) is 11.3 Å². The van der Waals surface area contributed by atoms with Crippen molar-refractivity contribution in [3.8, 4) is 0 Å². The van der Waals surface area contributed by atoms with Crippen LogP contribution in [0.3, 0.4) is 0 Å². The number of carbonyl (C=O) groups is 1. The van der Waals surface area contributed by atoms with Crippen molar-refractivity contribution >= 4 is 23.1 Å². The third-order valence-corrected chi connectivity index (χ3v) is 4.89. The summed E-state index contributed by atoms with van der Waals surface area (Å²) < 4.78 is 0. The van der Waals surface area contributed by atoms with E-state index in [1.165, 1.54) is 4.88 Å². The van der Waals surface area contributed by atoms with E-state index in [0.717, 1.165) is 36.6 Å². The summed E-state index contributed by atoms with van der Waals surface area (Å²) in [5.41, 5.74) is 0. The molecule has 3 rings (SSSR count). The van der Waals surface area contributed by atoms with Gasteiger partial charge in [-0.2, -0.15) is 0 Å². The molecule has 2 aromatic heterocycles. The number of hydrogen-bond acceptors (Lipinski definition) is 4. The Morgan fingerprint density at radius 3 is 3.05 bits per heavy atom. The highest BCUT2D eigenvalue weighted by atomic mass is 32.1. The van der Waals surface area contributed by atoms with Gasteiger partial charge in [-0.3, -0.25) is 4.79 Å². The Morgan fingerprint density at radius 1 is 1.41 bits per heavy atom. The van der Waals surface area contributed by atoms with E-state index in [2.05, 4.69) is 28.2 Å². The van der Waals surface area contributed by atoms with Crippen LogP contribution in [0, 0.1) is 6.92 Å². The number of aromatic nitrogens is 1. The molecule has 0 radical (unpaired) electrons. The van der Waals surface area contributed by atoms with E-state index < -0.39 is 0 Å². The van der Waals surface area contributed by atoms with Crippen LogP contribution in [-0.2, 0) is 11.2 Å². The molecule has 0 spiro atoms. The summed E-state index contributed by atoms with van der Waals surface area (Å²) in [7, 11) is 0. The number of carbonyl (C=O) groups excluding carboxylic acids is 1. The van der Waals surface area contributed by atoms with Crippen molar-refractivity contribution in [1.82, 2.24) is 10.3 Å². The third kappa shape index (κ3) is 3.85. The highest BCUT2D eigenvalue weighted by Crippen LogP contribution is 2.18. The first-order valence-electron chi connectivity index (χ1n) is 7.71. The number of nitrogens with one attached hydrogen (secondary N) is 1. The zero-order valence-corrected chi connectivity index (χ0v) is 13.6. The fourth-order valence-corrected chi connectivity index (χ4v) is 3.75. The number of aryl methyl sites for hydroxylation is 1. The molecule has 5 heteroatoms. The van der Waals surface area contributed by atoms with Crippen LogP contribution in [-0.4, -0.2) is 30.0 Å². The van der Waals surface area contributed by atoms with Crippen molar-refractivity contribution in [2.75, 3.05) is 18.0 Å². The van der Waals surface area contributed by atoms with E-state index in [0.29, 0.717) is 6.42 Å². The van der Waals surface area contributed by atoms with Gasteiger partial charge in [-0.25, -0.2) is 4.98 Å². The molecule has 4 nitrogen and oxygen atoms in total. The van der Waals surface area contributed by atoms with Gasteiger partial charge in [0.1, 0.15) is 5.82 Å². The predicted molar refractivity (Wildman–Crippen MR) is 90.4 cm³/mol. The maximum absolute atomic E-state index is 12.2. The molecule has 0 aliphatic carbocycles. The lowest BCUT2D eigenvalue weighted by Crippen LogP contribution is -2.48. The average molecular weight is 315 g/mol. The van der Waals surface area contributed by atoms with E-state index in [4.69, 9.17) is 0 Å². The highest BCUT2D eigenvalue weighted by Gasteiger charge is 2.22. The lowest BCUT2D eigenvalue weighted by atomic mass is 10.1. The molecular formula is C17H21N3OS. The van der Waals surface area contributed by atoms with Crippen LogP contribution < -0.4 is 10.2 Å². The number of nitrogens with zero attached hydrogens (tertiary/aromatic N) is 2. The van der Waals surface area contributed by atoms with Gasteiger partial charge in [-0.1, -0.05) is 6.07 Å². The minimum atomic E-state index is 0.120. The van der Waals surface area contributed by atoms with Crippen LogP contribution in [0.25, 0.3) is 0 Å². The molecule has 1 aliphatic rings. The summed E-state index contributed by atoms with van der Waals surface area (Å²) in [4.78, 5) is 21.2. The molecule has 0 unspecified atom stereocenters. The molecule has 1 fully saturated rings. The Kier molecular flexibility index (Phi) is 4.73. The molecule has 2 aromatic rings. The first kappa shape index (κ1) is 15.0. The minimum Gasteiger partial charge on any atom is -0.355 e. The summed E-state index contributed by atoms with van der Waals surface area (Å²) in [6.07, 6.45) is 4.42. The lowest BCUT2D eigenvalue weighted by molar-refractivity contribution is -0.121. The van der Waals surface area contributed by atoms with E-state index in [9.17, 15) is 4.79 Å². The number of amides is 1. The zero-order valence-electron chi connectivity index (χ0n) is 12.8. The van der Waals surface area contributed by atoms with Crippen LogP contribution in [0.2, 0.25) is 0 Å². The largest absolute Gasteiger partial charge is 0.355 e. The van der Waals surface area contributed by atoms with Crippen LogP contribution in [0.1, 0.15) is 22.6 Å². The first-order chi connectivity index (χ1) is 10.7. The highest BCUT2D eigenvalue weighted by molar-refractivity contribution is 7.12. The minimum absolute atomic E-state index is 0.120. The Bertz CT molecular complexity index is 626. The molecule has 1 aliphatic heterocycles. The summed E-state index contributed by atoms with van der Waals surface area (Å²) in [5, 5.41) is 3.17. The standard InChI is InChI=1S/C17H21N3OS/c1-13-7-8-15(22-13)11-17(21)19-14-5-4-10-20(12-14)16-6-2-3-9-18-16/h2-3,6-9,14H,4-5,10-12H2,1H3,(H,19,21)/t14-/m0/s1. The van der Waals surface area contributed by atoms with Gasteiger partial charge in [0.25, 0.3) is 0 Å². The average Bonchev–Trinajstić information content (AvgIpc) is 2.93. The predicted octanol–water partition coefficient (Wildman–Crippen LogP) is 2.78. The van der Waals surface area contributed by atoms with Gasteiger partial charge in [0.05, 0.1) is 6.42 Å². The topological polar surface area (TPSA) is 45.2 Å². The van der Waals surface area contributed by atoms with Gasteiger partial charge >= 0.3 is 0 Å². The fourth-order valence-electron chi connectivity index (χ4n) is 2.86. The summed E-state index contributed by atoms with van der Waals surface area (Å²) >= 11 is 1.69. The molecule has 1 saturated heterocycles. The molecule has 3 heterocycles. The number of rotatable bonds is 4. The van der Waals surface area contributed by atoms with Gasteiger partial charge in [0, 0.05) is 35.1 Å². The first-order valence-corrected chi connectivity index (χ1v) is 8.53. The molecule has 0 aromatic carbocycles. The second kappa shape index (κ2) is 6.92. The third-order valence-electron chi connectivity index (χ3n) is 3.89. The summed E-state index contributed by atoms with van der Waals surface area (Å²) in [6, 6.07) is 10.3. The Morgan fingerprint density at radius 2 is 2.32 bits per heavy atom. The monoisotopic (exact) mass is 315 g/mol. The van der Waals surface area contributed by atoms with Crippen LogP contribution in [0.15, 0.2) is 36.5 Å². The van der Waals surface area contributed by atoms with E-state index in [-0.39, 0.29) is 11.9 Å². The van der Waals surface area contributed by atoms with Gasteiger partial charge < -0.3 is 10.2 Å². The van der Waals surface area contributed by atoms with Crippen LogP contribution >= 0.6 is 11.3 Å². The maximum Gasteiger partial charge on any atom is 0.225 e. The van der Waals surface area contributed by atoms with Gasteiger partial charge in [-0.15, -0.1) is 11.3 Å². The SMILES string of the molecule is Cc1ccc(CC(=O)N[C@H]2CCCN(c3ccccn3)C2)s1. The van der Waals surface area contributed by atoms with Crippen molar-refractivity contribution < 1.29 is 4.79 Å². The smallest absolute Gasteiger partial charge is 0.225 e. The van der Waals surface area contributed by atoms with Crippen molar-refractivity contribution in [3.63, 3.8) is 0 Å². The lowest BCUT2D eigenvalue weighted by Gasteiger charge is -2.33. The number of anilines is 1. The number of hydrogen-bond donors (Lipinski definition) is 1. The second-order valence-electron chi connectivity index (χ2n) is 5.73. The second-order valence-corrected chi connectivity index (χ2v) is 7.10. The quantitative estimate of drug-likeness (QED) is 0.943. The van der Waals surface area contributed by atoms with Crippen molar-refractivity contribution in [3.05, 3.63) is 46.3 Å². The van der Waals surface area contributed by atoms with E-state index in [1.807, 2.05) is 30.5 Å². The Balaban J connectivity index is 1.55.